The Kier molecular flexibility index (Phi) is 11.9. The first kappa shape index (κ1) is 31.3. The highest BCUT2D eigenvalue weighted by Crippen LogP contribution is 2.44. The van der Waals surface area contributed by atoms with Crippen LogP contribution in [0, 0.1) is 6.92 Å². The quantitative estimate of drug-likeness (QED) is 0.160. The number of halogens is 2. The molecule has 1 heterocycles. The smallest absolute Gasteiger partial charge is 0.247 e. The van der Waals surface area contributed by atoms with Gasteiger partial charge in [-0.3, -0.25) is 14.6 Å². The molecule has 11 nitrogen and oxygen atoms in total. The number of amides is 2. The molecule has 0 aliphatic carbocycles. The van der Waals surface area contributed by atoms with Gasteiger partial charge in [-0.1, -0.05) is 29.8 Å². The average Bonchev–Trinajstić information content (AvgIpc) is 2.94. The van der Waals surface area contributed by atoms with Crippen LogP contribution in [-0.4, -0.2) is 74.4 Å². The minimum absolute atomic E-state index is 0.182. The van der Waals surface area contributed by atoms with E-state index in [0.29, 0.717) is 47.0 Å². The molecule has 0 saturated carbocycles. The number of benzene rings is 1. The van der Waals surface area contributed by atoms with Gasteiger partial charge in [-0.05, 0) is 19.1 Å². The van der Waals surface area contributed by atoms with E-state index in [1.165, 1.54) is 31.5 Å². The number of allylic oxidation sites excluding steroid dienone is 1. The maximum atomic E-state index is 11.9. The molecule has 0 aliphatic heterocycles. The molecule has 1 aromatic carbocycles. The molecule has 0 aliphatic rings. The van der Waals surface area contributed by atoms with Crippen LogP contribution in [0.4, 0.5) is 0 Å². The van der Waals surface area contributed by atoms with Crippen molar-refractivity contribution in [3.8, 4) is 11.5 Å². The summed E-state index contributed by atoms with van der Waals surface area (Å²) < 4.78 is 15.8. The topological polar surface area (TPSA) is 141 Å². The second kappa shape index (κ2) is 14.9. The first-order valence-electron chi connectivity index (χ1n) is 11.4. The minimum atomic E-state index is -0.480. The number of carbonyl (C=O) groups is 2. The number of methoxy groups -OCH3 is 3. The lowest BCUT2D eigenvalue weighted by molar-refractivity contribution is -0.116. The summed E-state index contributed by atoms with van der Waals surface area (Å²) in [6.07, 6.45) is 6.09. The van der Waals surface area contributed by atoms with Crippen molar-refractivity contribution in [2.24, 2.45) is 10.7 Å². The van der Waals surface area contributed by atoms with Gasteiger partial charge in [0.25, 0.3) is 0 Å². The van der Waals surface area contributed by atoms with E-state index in [1.54, 1.807) is 33.2 Å². The molecular formula is C26H30Cl2N6O5. The van der Waals surface area contributed by atoms with E-state index >= 15 is 0 Å². The molecule has 0 spiro atoms. The second-order valence-corrected chi connectivity index (χ2v) is 8.52. The molecule has 2 rings (SSSR count). The zero-order chi connectivity index (χ0) is 29.1. The maximum absolute atomic E-state index is 11.9. The predicted octanol–water partition coefficient (Wildman–Crippen LogP) is 3.23. The molecule has 0 saturated heterocycles. The fourth-order valence-electron chi connectivity index (χ4n) is 3.29. The molecule has 3 N–H and O–H groups in total. The predicted molar refractivity (Wildman–Crippen MR) is 152 cm³/mol. The van der Waals surface area contributed by atoms with Crippen LogP contribution in [0.2, 0.25) is 10.0 Å². The molecule has 13 heteroatoms. The van der Waals surface area contributed by atoms with Gasteiger partial charge in [0.05, 0.1) is 48.8 Å². The largest absolute Gasteiger partial charge is 0.495 e. The third-order valence-electron chi connectivity index (χ3n) is 5.32. The first-order valence-corrected chi connectivity index (χ1v) is 12.2. The van der Waals surface area contributed by atoms with Gasteiger partial charge in [-0.25, -0.2) is 9.97 Å². The number of carbonyl (C=O) groups excluding carboxylic acids is 2. The van der Waals surface area contributed by atoms with E-state index in [0.717, 1.165) is 6.08 Å². The Morgan fingerprint density at radius 3 is 2.36 bits per heavy atom. The molecule has 39 heavy (non-hydrogen) atoms. The summed E-state index contributed by atoms with van der Waals surface area (Å²) in [5.41, 5.74) is 7.93. The summed E-state index contributed by atoms with van der Waals surface area (Å²) in [6.45, 7) is 5.78. The van der Waals surface area contributed by atoms with Crippen molar-refractivity contribution in [3.05, 3.63) is 69.5 Å². The van der Waals surface area contributed by atoms with Gasteiger partial charge in [0.1, 0.15) is 17.2 Å². The molecular weight excluding hydrogens is 547 g/mol. The molecule has 0 atom stereocenters. The minimum Gasteiger partial charge on any atom is -0.495 e. The van der Waals surface area contributed by atoms with Crippen molar-refractivity contribution in [2.45, 2.75) is 6.92 Å². The summed E-state index contributed by atoms with van der Waals surface area (Å²) in [7, 11) is 5.99. The fraction of sp³-hybridized carbons (Fsp3) is 0.269. The van der Waals surface area contributed by atoms with E-state index in [4.69, 9.17) is 43.1 Å². The summed E-state index contributed by atoms with van der Waals surface area (Å²) in [5, 5.41) is 2.97. The molecule has 2 aromatic rings. The van der Waals surface area contributed by atoms with Crippen LogP contribution in [0.1, 0.15) is 22.6 Å². The molecule has 0 bridgehead atoms. The lowest BCUT2D eigenvalue weighted by Gasteiger charge is -2.21. The standard InChI is InChI=1S/C26H30Cl2N6O5/c1-7-21(36)33-17(12-29)25(30-8-9-37-4)26-31-13-16(15(2)32-26)10-18(34(3)14-35)22-23(27)19(38-5)11-20(39-6)24(22)28/h7,10-14H,1,8-9,29H2,2-6H3,(H,33,36)/b17-12?,18-10-,30-25?. The molecule has 208 valence electrons. The van der Waals surface area contributed by atoms with Crippen molar-refractivity contribution in [1.29, 1.82) is 0 Å². The van der Waals surface area contributed by atoms with Crippen molar-refractivity contribution < 1.29 is 23.8 Å². The normalized spacial score (nSPS) is 12.1. The van der Waals surface area contributed by atoms with Gasteiger partial charge in [-0.15, -0.1) is 0 Å². The monoisotopic (exact) mass is 576 g/mol. The second-order valence-electron chi connectivity index (χ2n) is 7.76. The van der Waals surface area contributed by atoms with Crippen molar-refractivity contribution in [3.63, 3.8) is 0 Å². The van der Waals surface area contributed by atoms with Gasteiger partial charge < -0.3 is 30.2 Å². The number of aliphatic imine (C=N–C) groups is 1. The number of aromatic nitrogens is 2. The summed E-state index contributed by atoms with van der Waals surface area (Å²) in [4.78, 5) is 38.6. The number of aryl methyl sites for hydroxylation is 1. The van der Waals surface area contributed by atoms with E-state index < -0.39 is 5.91 Å². The maximum Gasteiger partial charge on any atom is 0.247 e. The Balaban J connectivity index is 2.71. The highest BCUT2D eigenvalue weighted by molar-refractivity contribution is 6.39. The third-order valence-corrected chi connectivity index (χ3v) is 6.07. The van der Waals surface area contributed by atoms with Crippen molar-refractivity contribution in [1.82, 2.24) is 20.2 Å². The Bertz CT molecular complexity index is 1300. The zero-order valence-corrected chi connectivity index (χ0v) is 23.8. The highest BCUT2D eigenvalue weighted by Gasteiger charge is 2.23. The van der Waals surface area contributed by atoms with E-state index in [-0.39, 0.29) is 33.8 Å². The molecule has 0 fully saturated rings. The van der Waals surface area contributed by atoms with Crippen LogP contribution < -0.4 is 20.5 Å². The first-order chi connectivity index (χ1) is 18.7. The van der Waals surface area contributed by atoms with Crippen LogP contribution in [0.3, 0.4) is 0 Å². The molecule has 0 unspecified atom stereocenters. The van der Waals surface area contributed by atoms with Gasteiger partial charge >= 0.3 is 0 Å². The van der Waals surface area contributed by atoms with E-state index in [2.05, 4.69) is 26.9 Å². The number of rotatable bonds is 13. The van der Waals surface area contributed by atoms with E-state index in [1.807, 2.05) is 0 Å². The van der Waals surface area contributed by atoms with E-state index in [9.17, 15) is 9.59 Å². The molecule has 1 aromatic heterocycles. The van der Waals surface area contributed by atoms with Gasteiger partial charge in [0.2, 0.25) is 12.3 Å². The lowest BCUT2D eigenvalue weighted by atomic mass is 10.1. The molecule has 2 amide bonds. The highest BCUT2D eigenvalue weighted by atomic mass is 35.5. The Labute approximate surface area is 237 Å². The summed E-state index contributed by atoms with van der Waals surface area (Å²) >= 11 is 13.2. The van der Waals surface area contributed by atoms with Crippen LogP contribution in [0.5, 0.6) is 11.5 Å². The summed E-state index contributed by atoms with van der Waals surface area (Å²) in [5.74, 6) is 0.333. The van der Waals surface area contributed by atoms with Gasteiger partial charge in [-0.2, -0.15) is 0 Å². The lowest BCUT2D eigenvalue weighted by Crippen LogP contribution is -2.29. The Hall–Kier alpha value is -3.93. The average molecular weight is 577 g/mol. The number of nitrogens with one attached hydrogen (secondary N) is 1. The Morgan fingerprint density at radius 1 is 1.23 bits per heavy atom. The van der Waals surface area contributed by atoms with Crippen LogP contribution in [0.15, 0.2) is 41.8 Å². The number of nitrogens with zero attached hydrogens (tertiary/aromatic N) is 4. The van der Waals surface area contributed by atoms with Crippen LogP contribution >= 0.6 is 23.2 Å². The fourth-order valence-corrected chi connectivity index (χ4v) is 3.98. The zero-order valence-electron chi connectivity index (χ0n) is 22.2. The molecule has 0 radical (unpaired) electrons. The summed E-state index contributed by atoms with van der Waals surface area (Å²) in [6, 6.07) is 1.55. The number of nitrogens with two attached hydrogens (primary N) is 1. The number of hydrogen-bond acceptors (Lipinski definition) is 9. The van der Waals surface area contributed by atoms with Crippen LogP contribution in [-0.2, 0) is 14.3 Å². The number of hydrogen-bond donors (Lipinski definition) is 2. The van der Waals surface area contributed by atoms with Crippen molar-refractivity contribution >= 4 is 53.0 Å². The number of ether oxygens (including phenoxy) is 3. The van der Waals surface area contributed by atoms with Crippen molar-refractivity contribution in [2.75, 3.05) is 41.5 Å². The SMILES string of the molecule is C=CC(=O)NC(=CN)C(=NCCOC)c1ncc(/C=C(/c2c(Cl)c(OC)cc(OC)c2Cl)N(C)C=O)c(C)n1. The Morgan fingerprint density at radius 2 is 1.87 bits per heavy atom. The van der Waals surface area contributed by atoms with Gasteiger partial charge in [0.15, 0.2) is 5.82 Å². The van der Waals surface area contributed by atoms with Gasteiger partial charge in [0, 0.05) is 49.4 Å². The van der Waals surface area contributed by atoms with Crippen LogP contribution in [0.25, 0.3) is 11.8 Å². The third kappa shape index (κ3) is 7.56.